The summed E-state index contributed by atoms with van der Waals surface area (Å²) in [5.41, 5.74) is 0. The van der Waals surface area contributed by atoms with Crippen LogP contribution in [-0.2, 0) is 0 Å². The SMILES string of the molecule is O=C(O)O.[Sn]. The Morgan fingerprint density at radius 1 is 1.40 bits per heavy atom. The summed E-state index contributed by atoms with van der Waals surface area (Å²) in [5.74, 6) is 0. The molecule has 0 saturated heterocycles. The van der Waals surface area contributed by atoms with Gasteiger partial charge in [0.15, 0.2) is 0 Å². The molecule has 0 fully saturated rings. The van der Waals surface area contributed by atoms with Crippen molar-refractivity contribution in [1.82, 2.24) is 0 Å². The molecule has 0 aliphatic rings. The Bertz CT molecular complexity index is 29.9. The van der Waals surface area contributed by atoms with Crippen LogP contribution in [0.1, 0.15) is 0 Å². The van der Waals surface area contributed by atoms with Crippen LogP contribution in [0.4, 0.5) is 4.79 Å². The van der Waals surface area contributed by atoms with E-state index in [1.807, 2.05) is 0 Å². The third-order valence-corrected chi connectivity index (χ3v) is 0. The van der Waals surface area contributed by atoms with Gasteiger partial charge in [-0.05, 0) is 0 Å². The van der Waals surface area contributed by atoms with Crippen LogP contribution in [0.3, 0.4) is 0 Å². The largest absolute Gasteiger partial charge is 0.503 e. The van der Waals surface area contributed by atoms with Gasteiger partial charge in [0.05, 0.1) is 0 Å². The first kappa shape index (κ1) is 8.91. The summed E-state index contributed by atoms with van der Waals surface area (Å²) in [6.45, 7) is 0. The molecule has 3 nitrogen and oxygen atoms in total. The average Bonchev–Trinajstić information content (AvgIpc) is 0.811. The van der Waals surface area contributed by atoms with E-state index in [0.717, 1.165) is 0 Å². The van der Waals surface area contributed by atoms with E-state index >= 15 is 0 Å². The van der Waals surface area contributed by atoms with E-state index in [-0.39, 0.29) is 23.9 Å². The van der Waals surface area contributed by atoms with E-state index in [9.17, 15) is 0 Å². The number of carbonyl (C=O) groups is 1. The van der Waals surface area contributed by atoms with Gasteiger partial charge in [-0.3, -0.25) is 0 Å². The second-order valence-corrected chi connectivity index (χ2v) is 0.283. The summed E-state index contributed by atoms with van der Waals surface area (Å²) in [4.78, 5) is 8.56. The van der Waals surface area contributed by atoms with Crippen LogP contribution in [0.15, 0.2) is 0 Å². The monoisotopic (exact) mass is 182 g/mol. The summed E-state index contributed by atoms with van der Waals surface area (Å²) in [5, 5.41) is 13.9. The van der Waals surface area contributed by atoms with Gasteiger partial charge in [0, 0.05) is 23.9 Å². The second-order valence-electron chi connectivity index (χ2n) is 0.283. The molecule has 0 spiro atoms. The quantitative estimate of drug-likeness (QED) is 0.510. The predicted molar refractivity (Wildman–Crippen MR) is 16.4 cm³/mol. The molecule has 0 aromatic heterocycles. The molecule has 0 bridgehead atoms. The summed E-state index contributed by atoms with van der Waals surface area (Å²) in [6.07, 6.45) is -1.83. The molecule has 0 aromatic rings. The number of rotatable bonds is 0. The Morgan fingerprint density at radius 2 is 1.40 bits per heavy atom. The van der Waals surface area contributed by atoms with E-state index in [1.165, 1.54) is 0 Å². The van der Waals surface area contributed by atoms with Gasteiger partial charge in [-0.2, -0.15) is 0 Å². The smallest absolute Gasteiger partial charge is 0.450 e. The first-order chi connectivity index (χ1) is 1.73. The fourth-order valence-corrected chi connectivity index (χ4v) is 0. The van der Waals surface area contributed by atoms with Crippen molar-refractivity contribution in [3.05, 3.63) is 0 Å². The zero-order chi connectivity index (χ0) is 3.58. The van der Waals surface area contributed by atoms with Gasteiger partial charge in [0.2, 0.25) is 0 Å². The zero-order valence-corrected chi connectivity index (χ0v) is 5.16. The van der Waals surface area contributed by atoms with Gasteiger partial charge in [-0.25, -0.2) is 4.79 Å². The van der Waals surface area contributed by atoms with Crippen molar-refractivity contribution in [1.29, 1.82) is 0 Å². The molecule has 0 aliphatic heterocycles. The Labute approximate surface area is 45.6 Å². The minimum Gasteiger partial charge on any atom is -0.450 e. The first-order valence-electron chi connectivity index (χ1n) is 0.651. The predicted octanol–water partition coefficient (Wildman–Crippen LogP) is -0.158. The Morgan fingerprint density at radius 3 is 1.40 bits per heavy atom. The molecule has 0 saturated carbocycles. The molecule has 0 amide bonds. The Hall–Kier alpha value is 0.0687. The Kier molecular flexibility index (Phi) is 7.25. The first-order valence-corrected chi connectivity index (χ1v) is 0.651. The van der Waals surface area contributed by atoms with Crippen molar-refractivity contribution in [2.75, 3.05) is 0 Å². The van der Waals surface area contributed by atoms with E-state index in [4.69, 9.17) is 15.0 Å². The fourth-order valence-electron chi connectivity index (χ4n) is 0. The fraction of sp³-hybridized carbons (Fsp3) is 0. The van der Waals surface area contributed by atoms with Gasteiger partial charge in [0.25, 0.3) is 0 Å². The van der Waals surface area contributed by atoms with Gasteiger partial charge in [-0.1, -0.05) is 0 Å². The topological polar surface area (TPSA) is 57.5 Å². The standard InChI is InChI=1S/CH2O3.Sn/c2-1(3)4;/h(H2,2,3,4);. The molecule has 0 aliphatic carbocycles. The van der Waals surface area contributed by atoms with Crippen LogP contribution in [0.25, 0.3) is 0 Å². The molecule has 2 N–H and O–H groups in total. The molecular weight excluding hydrogens is 179 g/mol. The molecule has 0 aromatic carbocycles. The maximum atomic E-state index is 8.56. The van der Waals surface area contributed by atoms with Crippen LogP contribution >= 0.6 is 0 Å². The minimum atomic E-state index is -1.83. The van der Waals surface area contributed by atoms with Gasteiger partial charge < -0.3 is 10.2 Å². The van der Waals surface area contributed by atoms with Crippen LogP contribution < -0.4 is 0 Å². The van der Waals surface area contributed by atoms with Crippen LogP contribution in [0, 0.1) is 0 Å². The summed E-state index contributed by atoms with van der Waals surface area (Å²) >= 11 is 0. The molecule has 0 heterocycles. The average molecular weight is 181 g/mol. The van der Waals surface area contributed by atoms with E-state index < -0.39 is 6.16 Å². The van der Waals surface area contributed by atoms with Crippen molar-refractivity contribution < 1.29 is 15.0 Å². The van der Waals surface area contributed by atoms with Crippen molar-refractivity contribution in [2.45, 2.75) is 0 Å². The molecule has 0 unspecified atom stereocenters. The molecule has 0 rings (SSSR count). The molecular formula is CH2O3Sn. The molecule has 4 radical (unpaired) electrons. The third kappa shape index (κ3) is 3690. The van der Waals surface area contributed by atoms with Crippen molar-refractivity contribution >= 4 is 30.1 Å². The summed E-state index contributed by atoms with van der Waals surface area (Å²) in [6, 6.07) is 0. The zero-order valence-electron chi connectivity index (χ0n) is 2.30. The van der Waals surface area contributed by atoms with Gasteiger partial charge in [0.1, 0.15) is 0 Å². The normalized spacial score (nSPS) is 4.80. The molecule has 5 heavy (non-hydrogen) atoms. The van der Waals surface area contributed by atoms with Crippen LogP contribution in [0.5, 0.6) is 0 Å². The number of hydrogen-bond acceptors (Lipinski definition) is 1. The van der Waals surface area contributed by atoms with Crippen molar-refractivity contribution in [3.8, 4) is 0 Å². The van der Waals surface area contributed by atoms with Crippen molar-refractivity contribution in [3.63, 3.8) is 0 Å². The summed E-state index contributed by atoms with van der Waals surface area (Å²) in [7, 11) is 0. The molecule has 28 valence electrons. The van der Waals surface area contributed by atoms with E-state index in [0.29, 0.717) is 0 Å². The summed E-state index contributed by atoms with van der Waals surface area (Å²) < 4.78 is 0. The second kappa shape index (κ2) is 4.07. The number of hydrogen-bond donors (Lipinski definition) is 2. The van der Waals surface area contributed by atoms with Gasteiger partial charge in [-0.15, -0.1) is 0 Å². The third-order valence-electron chi connectivity index (χ3n) is 0. The van der Waals surface area contributed by atoms with Gasteiger partial charge >= 0.3 is 6.16 Å². The van der Waals surface area contributed by atoms with Crippen LogP contribution in [-0.4, -0.2) is 40.3 Å². The maximum Gasteiger partial charge on any atom is 0.503 e. The van der Waals surface area contributed by atoms with E-state index in [1.54, 1.807) is 0 Å². The maximum absolute atomic E-state index is 8.56. The van der Waals surface area contributed by atoms with Crippen LogP contribution in [0.2, 0.25) is 0 Å². The Balaban J connectivity index is 0. The molecule has 0 atom stereocenters. The van der Waals surface area contributed by atoms with E-state index in [2.05, 4.69) is 0 Å². The minimum absolute atomic E-state index is 0. The van der Waals surface area contributed by atoms with Crippen molar-refractivity contribution in [2.24, 2.45) is 0 Å². The number of carboxylic acid groups (broad SMARTS) is 2. The molecule has 4 heteroatoms.